The summed E-state index contributed by atoms with van der Waals surface area (Å²) in [5.74, 6) is 0. The molecule has 8 aromatic carbocycles. The van der Waals surface area contributed by atoms with E-state index in [1.165, 1.54) is 83.8 Å². The molecule has 4 heteroatoms. The van der Waals surface area contributed by atoms with Crippen LogP contribution >= 0.6 is 0 Å². The Balaban J connectivity index is 1.22. The summed E-state index contributed by atoms with van der Waals surface area (Å²) in [5.41, 5.74) is 23.7. The third-order valence-corrected chi connectivity index (χ3v) is 14.9. The van der Waals surface area contributed by atoms with Gasteiger partial charge in [-0.15, -0.1) is 0 Å². The maximum atomic E-state index is 2.61. The molecule has 0 aromatic heterocycles. The van der Waals surface area contributed by atoms with Gasteiger partial charge in [0.25, 0.3) is 6.71 Å². The van der Waals surface area contributed by atoms with Crippen molar-refractivity contribution in [2.75, 3.05) is 14.7 Å². The SMILES string of the molecule is CC(C)(C)c1ccc(N2c3cc(N(c4ccccc4)c4ccccc4)ccc3B3c4cc(C(C)(C)C)ccc4N(c4ccc5c(c4)C(C)(C)c4ccccc4-5)c4cc(C(C)(C)C)cc2c43)cc1. The highest BCUT2D eigenvalue weighted by Gasteiger charge is 2.45. The number of anilines is 9. The molecule has 1 aliphatic carbocycles. The highest BCUT2D eigenvalue weighted by Crippen LogP contribution is 2.52. The number of para-hydroxylation sites is 2. The first kappa shape index (κ1) is 42.8. The number of nitrogens with zero attached hydrogens (tertiary/aromatic N) is 3. The molecule has 11 rings (SSSR count). The van der Waals surface area contributed by atoms with Crippen LogP contribution in [0.4, 0.5) is 51.2 Å². The van der Waals surface area contributed by atoms with Crippen molar-refractivity contribution in [3.63, 3.8) is 0 Å². The van der Waals surface area contributed by atoms with Crippen molar-refractivity contribution in [2.45, 2.75) is 97.8 Å². The zero-order valence-corrected chi connectivity index (χ0v) is 41.2. The van der Waals surface area contributed by atoms with Crippen molar-refractivity contribution in [3.05, 3.63) is 204 Å². The normalized spacial score (nSPS) is 14.5. The predicted octanol–water partition coefficient (Wildman–Crippen LogP) is 15.4. The number of hydrogen-bond acceptors (Lipinski definition) is 3. The first-order valence-electron chi connectivity index (χ1n) is 24.2. The van der Waals surface area contributed by atoms with Crippen LogP contribution in [-0.4, -0.2) is 6.71 Å². The molecule has 0 radical (unpaired) electrons. The van der Waals surface area contributed by atoms with Gasteiger partial charge >= 0.3 is 0 Å². The van der Waals surface area contributed by atoms with Gasteiger partial charge in [-0.3, -0.25) is 0 Å². The highest BCUT2D eigenvalue weighted by atomic mass is 15.2. The highest BCUT2D eigenvalue weighted by molar-refractivity contribution is 7.00. The smallest absolute Gasteiger partial charge is 0.252 e. The molecule has 0 fully saturated rings. The van der Waals surface area contributed by atoms with Gasteiger partial charge < -0.3 is 14.7 Å². The van der Waals surface area contributed by atoms with Gasteiger partial charge in [0.05, 0.1) is 0 Å². The molecule has 8 aromatic rings. The minimum Gasteiger partial charge on any atom is -0.311 e. The Hall–Kier alpha value is -6.78. The molecule has 332 valence electrons. The average Bonchev–Trinajstić information content (AvgIpc) is 3.53. The summed E-state index contributed by atoms with van der Waals surface area (Å²) in [6.07, 6.45) is 0. The van der Waals surface area contributed by atoms with Crippen LogP contribution in [0.5, 0.6) is 0 Å². The zero-order chi connectivity index (χ0) is 46.8. The van der Waals surface area contributed by atoms with Crippen molar-refractivity contribution in [1.82, 2.24) is 0 Å². The Bertz CT molecular complexity index is 3180. The van der Waals surface area contributed by atoms with Gasteiger partial charge in [0, 0.05) is 56.6 Å². The quantitative estimate of drug-likeness (QED) is 0.160. The largest absolute Gasteiger partial charge is 0.311 e. The standard InChI is InChI=1S/C63H62BN3/c1-60(2,3)41-26-29-46(30-27-41)66-56-40-48(65(44-20-14-12-15-21-44)45-22-16-13-17-23-45)32-34-53(56)64-54-36-42(61(4,5)6)28-35-55(54)67(58-38-43(62(7,8)9)37-57(66)59(58)64)47-31-33-50-49-24-18-19-25-51(49)63(10,11)52(50)39-47/h12-40H,1-11H3. The molecule has 2 aliphatic heterocycles. The fourth-order valence-electron chi connectivity index (χ4n) is 11.1. The maximum absolute atomic E-state index is 2.61. The summed E-state index contributed by atoms with van der Waals surface area (Å²) in [6, 6.07) is 66.9. The topological polar surface area (TPSA) is 9.72 Å². The van der Waals surface area contributed by atoms with E-state index in [9.17, 15) is 0 Å². The monoisotopic (exact) mass is 872 g/mol. The Kier molecular flexibility index (Phi) is 9.67. The lowest BCUT2D eigenvalue weighted by molar-refractivity contribution is 0.590. The number of rotatable bonds is 5. The van der Waals surface area contributed by atoms with Gasteiger partial charge in [-0.05, 0) is 150 Å². The van der Waals surface area contributed by atoms with Gasteiger partial charge in [0.2, 0.25) is 0 Å². The first-order chi connectivity index (χ1) is 31.9. The van der Waals surface area contributed by atoms with Gasteiger partial charge in [0.1, 0.15) is 0 Å². The second kappa shape index (κ2) is 15.1. The zero-order valence-electron chi connectivity index (χ0n) is 41.2. The number of benzene rings is 8. The van der Waals surface area contributed by atoms with E-state index in [0.29, 0.717) is 0 Å². The molecule has 3 nitrogen and oxygen atoms in total. The van der Waals surface area contributed by atoms with E-state index in [4.69, 9.17) is 0 Å². The molecule has 0 bridgehead atoms. The van der Waals surface area contributed by atoms with Crippen LogP contribution in [0.15, 0.2) is 176 Å². The van der Waals surface area contributed by atoms with Crippen LogP contribution in [0.2, 0.25) is 0 Å². The molecule has 2 heterocycles. The van der Waals surface area contributed by atoms with Gasteiger partial charge in [-0.25, -0.2) is 0 Å². The molecule has 0 unspecified atom stereocenters. The molecular weight excluding hydrogens is 810 g/mol. The fourth-order valence-corrected chi connectivity index (χ4v) is 11.1. The van der Waals surface area contributed by atoms with Crippen LogP contribution in [0, 0.1) is 0 Å². The van der Waals surface area contributed by atoms with Gasteiger partial charge in [-0.2, -0.15) is 0 Å². The first-order valence-corrected chi connectivity index (χ1v) is 24.2. The fraction of sp³-hybridized carbons (Fsp3) is 0.238. The summed E-state index contributed by atoms with van der Waals surface area (Å²) in [6.45, 7) is 25.8. The van der Waals surface area contributed by atoms with E-state index in [0.717, 1.165) is 22.7 Å². The van der Waals surface area contributed by atoms with Crippen LogP contribution in [0.3, 0.4) is 0 Å². The summed E-state index contributed by atoms with van der Waals surface area (Å²) in [5, 5.41) is 0. The minimum atomic E-state index is -0.133. The minimum absolute atomic E-state index is 0.0151. The van der Waals surface area contributed by atoms with E-state index in [1.54, 1.807) is 0 Å². The second-order valence-electron chi connectivity index (χ2n) is 22.8. The molecule has 0 spiro atoms. The second-order valence-corrected chi connectivity index (χ2v) is 22.8. The van der Waals surface area contributed by atoms with Crippen molar-refractivity contribution in [2.24, 2.45) is 0 Å². The Morgan fingerprint density at radius 1 is 0.388 bits per heavy atom. The molecule has 3 aliphatic rings. The van der Waals surface area contributed by atoms with Crippen LogP contribution in [0.25, 0.3) is 11.1 Å². The van der Waals surface area contributed by atoms with Crippen molar-refractivity contribution in [3.8, 4) is 11.1 Å². The lowest BCUT2D eigenvalue weighted by Crippen LogP contribution is -2.61. The summed E-state index contributed by atoms with van der Waals surface area (Å²) < 4.78 is 0. The van der Waals surface area contributed by atoms with Crippen molar-refractivity contribution < 1.29 is 0 Å². The lowest BCUT2D eigenvalue weighted by atomic mass is 9.33. The molecular formula is C63H62BN3. The summed E-state index contributed by atoms with van der Waals surface area (Å²) in [7, 11) is 0. The molecule has 67 heavy (non-hydrogen) atoms. The van der Waals surface area contributed by atoms with E-state index < -0.39 is 0 Å². The van der Waals surface area contributed by atoms with E-state index in [2.05, 4.69) is 267 Å². The Morgan fingerprint density at radius 3 is 1.54 bits per heavy atom. The number of hydrogen-bond donors (Lipinski definition) is 0. The van der Waals surface area contributed by atoms with Gasteiger partial charge in [0.15, 0.2) is 0 Å². The van der Waals surface area contributed by atoms with Crippen LogP contribution < -0.4 is 31.1 Å². The molecule has 0 amide bonds. The van der Waals surface area contributed by atoms with Gasteiger partial charge in [-0.1, -0.05) is 173 Å². The van der Waals surface area contributed by atoms with Crippen molar-refractivity contribution in [1.29, 1.82) is 0 Å². The Labute approximate surface area is 399 Å². The predicted molar refractivity (Wildman–Crippen MR) is 289 cm³/mol. The molecule has 0 N–H and O–H groups in total. The molecule has 0 atom stereocenters. The van der Waals surface area contributed by atoms with Crippen LogP contribution in [-0.2, 0) is 21.7 Å². The summed E-state index contributed by atoms with van der Waals surface area (Å²) >= 11 is 0. The lowest BCUT2D eigenvalue weighted by Gasteiger charge is -2.46. The van der Waals surface area contributed by atoms with E-state index in [1.807, 2.05) is 0 Å². The maximum Gasteiger partial charge on any atom is 0.252 e. The molecule has 0 saturated carbocycles. The van der Waals surface area contributed by atoms with Crippen LogP contribution in [0.1, 0.15) is 104 Å². The third kappa shape index (κ3) is 6.94. The number of fused-ring (bicyclic) bond motifs is 7. The average molecular weight is 872 g/mol. The molecule has 0 saturated heterocycles. The third-order valence-electron chi connectivity index (χ3n) is 14.9. The van der Waals surface area contributed by atoms with Crippen molar-refractivity contribution >= 4 is 74.3 Å². The Morgan fingerprint density at radius 2 is 0.925 bits per heavy atom. The van der Waals surface area contributed by atoms with E-state index in [-0.39, 0.29) is 28.4 Å². The van der Waals surface area contributed by atoms with E-state index >= 15 is 0 Å². The summed E-state index contributed by atoms with van der Waals surface area (Å²) in [4.78, 5) is 7.59.